The number of ether oxygens (including phenoxy) is 3. The number of nitrogens with zero attached hydrogens (tertiary/aromatic N) is 2. The van der Waals surface area contributed by atoms with Crippen LogP contribution in [-0.2, 0) is 17.6 Å². The van der Waals surface area contributed by atoms with Gasteiger partial charge in [0.2, 0.25) is 11.7 Å². The number of hydrogen-bond donors (Lipinski definition) is 0. The molecule has 0 atom stereocenters. The molecule has 0 aromatic heterocycles. The van der Waals surface area contributed by atoms with E-state index >= 15 is 0 Å². The molecular weight excluding hydrogens is 396 g/mol. The molecule has 0 spiro atoms. The van der Waals surface area contributed by atoms with Gasteiger partial charge in [0.15, 0.2) is 11.5 Å². The molecule has 1 fully saturated rings. The first kappa shape index (κ1) is 22.5. The predicted molar refractivity (Wildman–Crippen MR) is 118 cm³/mol. The normalized spacial score (nSPS) is 13.7. The first-order chi connectivity index (χ1) is 15.0. The zero-order valence-electron chi connectivity index (χ0n) is 18.6. The number of carbonyl (C=O) groups is 2. The summed E-state index contributed by atoms with van der Waals surface area (Å²) in [6, 6.07) is 11.3. The Kier molecular flexibility index (Phi) is 7.39. The van der Waals surface area contributed by atoms with E-state index in [1.165, 1.54) is 5.56 Å². The molecule has 0 aliphatic carbocycles. The maximum Gasteiger partial charge on any atom is 0.253 e. The molecule has 0 unspecified atom stereocenters. The molecule has 31 heavy (non-hydrogen) atoms. The Balaban J connectivity index is 1.60. The lowest BCUT2D eigenvalue weighted by Gasteiger charge is -2.35. The van der Waals surface area contributed by atoms with Gasteiger partial charge >= 0.3 is 0 Å². The maximum atomic E-state index is 12.8. The third-order valence-electron chi connectivity index (χ3n) is 5.61. The quantitative estimate of drug-likeness (QED) is 0.681. The summed E-state index contributed by atoms with van der Waals surface area (Å²) in [5.41, 5.74) is 2.68. The first-order valence-electron chi connectivity index (χ1n) is 10.5. The molecule has 2 amide bonds. The molecule has 7 heteroatoms. The summed E-state index contributed by atoms with van der Waals surface area (Å²) in [5, 5.41) is 0. The minimum atomic E-state index is 0.00803. The number of hydrogen-bond acceptors (Lipinski definition) is 5. The largest absolute Gasteiger partial charge is 0.493 e. The summed E-state index contributed by atoms with van der Waals surface area (Å²) >= 11 is 0. The zero-order valence-corrected chi connectivity index (χ0v) is 18.6. The van der Waals surface area contributed by atoms with Crippen LogP contribution in [0.5, 0.6) is 17.2 Å². The molecule has 3 rings (SSSR count). The molecule has 0 bridgehead atoms. The fourth-order valence-corrected chi connectivity index (χ4v) is 3.75. The van der Waals surface area contributed by atoms with E-state index in [2.05, 4.69) is 6.92 Å². The van der Waals surface area contributed by atoms with E-state index in [1.807, 2.05) is 29.2 Å². The summed E-state index contributed by atoms with van der Waals surface area (Å²) in [6.07, 6.45) is 1.17. The summed E-state index contributed by atoms with van der Waals surface area (Å²) in [4.78, 5) is 29.2. The monoisotopic (exact) mass is 426 g/mol. The van der Waals surface area contributed by atoms with Gasteiger partial charge in [0.05, 0.1) is 27.8 Å². The lowest BCUT2D eigenvalue weighted by molar-refractivity contribution is -0.131. The third kappa shape index (κ3) is 5.10. The maximum absolute atomic E-state index is 12.8. The minimum absolute atomic E-state index is 0.00803. The summed E-state index contributed by atoms with van der Waals surface area (Å²) in [5.74, 6) is 1.57. The predicted octanol–water partition coefficient (Wildman–Crippen LogP) is 2.80. The van der Waals surface area contributed by atoms with Gasteiger partial charge in [-0.25, -0.2) is 0 Å². The number of carbonyl (C=O) groups excluding carboxylic acids is 2. The second-order valence-corrected chi connectivity index (χ2v) is 7.43. The van der Waals surface area contributed by atoms with Crippen molar-refractivity contribution in [3.63, 3.8) is 0 Å². The molecule has 1 aliphatic heterocycles. The van der Waals surface area contributed by atoms with Gasteiger partial charge < -0.3 is 24.0 Å². The van der Waals surface area contributed by atoms with Gasteiger partial charge in [-0.05, 0) is 41.8 Å². The highest BCUT2D eigenvalue weighted by molar-refractivity contribution is 5.94. The Morgan fingerprint density at radius 3 is 1.84 bits per heavy atom. The van der Waals surface area contributed by atoms with Gasteiger partial charge in [0, 0.05) is 31.7 Å². The standard InChI is InChI=1S/C24H30N2O5/c1-5-17-6-8-19(9-7-17)24(28)26-12-10-25(11-13-26)22(27)16-18-14-20(29-2)23(31-4)21(15-18)30-3/h6-9,14-15H,5,10-13,16H2,1-4H3. The first-order valence-corrected chi connectivity index (χ1v) is 10.5. The van der Waals surface area contributed by atoms with E-state index in [4.69, 9.17) is 14.2 Å². The third-order valence-corrected chi connectivity index (χ3v) is 5.61. The van der Waals surface area contributed by atoms with Gasteiger partial charge in [0.25, 0.3) is 5.91 Å². The Morgan fingerprint density at radius 1 is 0.806 bits per heavy atom. The van der Waals surface area contributed by atoms with Crippen LogP contribution in [0, 0.1) is 0 Å². The van der Waals surface area contributed by atoms with Crippen molar-refractivity contribution in [2.24, 2.45) is 0 Å². The van der Waals surface area contributed by atoms with Crippen molar-refractivity contribution in [2.75, 3.05) is 47.5 Å². The van der Waals surface area contributed by atoms with Crippen LogP contribution in [-0.4, -0.2) is 69.1 Å². The van der Waals surface area contributed by atoms with Gasteiger partial charge in [-0.2, -0.15) is 0 Å². The molecule has 0 N–H and O–H groups in total. The van der Waals surface area contributed by atoms with E-state index in [9.17, 15) is 9.59 Å². The van der Waals surface area contributed by atoms with E-state index in [0.29, 0.717) is 49.0 Å². The summed E-state index contributed by atoms with van der Waals surface area (Å²) in [6.45, 7) is 4.17. The lowest BCUT2D eigenvalue weighted by atomic mass is 10.1. The van der Waals surface area contributed by atoms with Crippen molar-refractivity contribution in [2.45, 2.75) is 19.8 Å². The van der Waals surface area contributed by atoms with Gasteiger partial charge in [-0.15, -0.1) is 0 Å². The zero-order chi connectivity index (χ0) is 22.4. The van der Waals surface area contributed by atoms with E-state index in [0.717, 1.165) is 12.0 Å². The second-order valence-electron chi connectivity index (χ2n) is 7.43. The number of piperazine rings is 1. The number of amides is 2. The molecule has 2 aromatic rings. The molecule has 0 saturated carbocycles. The van der Waals surface area contributed by atoms with Crippen LogP contribution in [0.25, 0.3) is 0 Å². The Morgan fingerprint density at radius 2 is 1.35 bits per heavy atom. The van der Waals surface area contributed by atoms with Crippen LogP contribution in [0.1, 0.15) is 28.4 Å². The molecular formula is C24H30N2O5. The average Bonchev–Trinajstić information content (AvgIpc) is 2.82. The molecule has 166 valence electrons. The smallest absolute Gasteiger partial charge is 0.253 e. The number of methoxy groups -OCH3 is 3. The van der Waals surface area contributed by atoms with E-state index in [1.54, 1.807) is 38.4 Å². The average molecular weight is 427 g/mol. The molecule has 7 nitrogen and oxygen atoms in total. The van der Waals surface area contributed by atoms with Gasteiger partial charge in [0.1, 0.15) is 0 Å². The highest BCUT2D eigenvalue weighted by atomic mass is 16.5. The van der Waals surface area contributed by atoms with E-state index in [-0.39, 0.29) is 18.2 Å². The fourth-order valence-electron chi connectivity index (χ4n) is 3.75. The Hall–Kier alpha value is -3.22. The Labute approximate surface area is 183 Å². The minimum Gasteiger partial charge on any atom is -0.493 e. The van der Waals surface area contributed by atoms with Crippen molar-refractivity contribution >= 4 is 11.8 Å². The summed E-state index contributed by atoms with van der Waals surface area (Å²) < 4.78 is 16.1. The van der Waals surface area contributed by atoms with Crippen molar-refractivity contribution in [3.8, 4) is 17.2 Å². The van der Waals surface area contributed by atoms with Crippen molar-refractivity contribution in [3.05, 3.63) is 53.1 Å². The highest BCUT2D eigenvalue weighted by Crippen LogP contribution is 2.38. The molecule has 1 saturated heterocycles. The summed E-state index contributed by atoms with van der Waals surface area (Å²) in [7, 11) is 4.65. The molecule has 2 aromatic carbocycles. The van der Waals surface area contributed by atoms with Crippen LogP contribution in [0.4, 0.5) is 0 Å². The van der Waals surface area contributed by atoms with Crippen LogP contribution >= 0.6 is 0 Å². The lowest BCUT2D eigenvalue weighted by Crippen LogP contribution is -2.51. The van der Waals surface area contributed by atoms with Crippen LogP contribution in [0.3, 0.4) is 0 Å². The van der Waals surface area contributed by atoms with Crippen molar-refractivity contribution in [1.82, 2.24) is 9.80 Å². The van der Waals surface area contributed by atoms with E-state index < -0.39 is 0 Å². The van der Waals surface area contributed by atoms with Crippen LogP contribution < -0.4 is 14.2 Å². The molecule has 0 radical (unpaired) electrons. The molecule has 1 aliphatic rings. The fraction of sp³-hybridized carbons (Fsp3) is 0.417. The highest BCUT2D eigenvalue weighted by Gasteiger charge is 2.25. The Bertz CT molecular complexity index is 893. The van der Waals surface area contributed by atoms with Crippen molar-refractivity contribution < 1.29 is 23.8 Å². The SMILES string of the molecule is CCc1ccc(C(=O)N2CCN(C(=O)Cc3cc(OC)c(OC)c(OC)c3)CC2)cc1. The second kappa shape index (κ2) is 10.2. The topological polar surface area (TPSA) is 68.3 Å². The number of rotatable bonds is 7. The molecule has 1 heterocycles. The van der Waals surface area contributed by atoms with Gasteiger partial charge in [-0.3, -0.25) is 9.59 Å². The number of aryl methyl sites for hydroxylation is 1. The van der Waals surface area contributed by atoms with Crippen molar-refractivity contribution in [1.29, 1.82) is 0 Å². The van der Waals surface area contributed by atoms with Crippen LogP contribution in [0.2, 0.25) is 0 Å². The number of benzene rings is 2. The van der Waals surface area contributed by atoms with Gasteiger partial charge in [-0.1, -0.05) is 19.1 Å². The van der Waals surface area contributed by atoms with Crippen LogP contribution in [0.15, 0.2) is 36.4 Å².